The maximum atomic E-state index is 14.7. The summed E-state index contributed by atoms with van der Waals surface area (Å²) in [4.78, 5) is 2.45. The van der Waals surface area contributed by atoms with Crippen molar-refractivity contribution in [2.24, 2.45) is 5.92 Å². The molecule has 0 radical (unpaired) electrons. The van der Waals surface area contributed by atoms with Crippen LogP contribution in [0.15, 0.2) is 65.6 Å². The Morgan fingerprint density at radius 2 is 1.67 bits per heavy atom. The highest BCUT2D eigenvalue weighted by molar-refractivity contribution is 7.91. The summed E-state index contributed by atoms with van der Waals surface area (Å²) in [6.45, 7) is 9.61. The second-order valence-corrected chi connectivity index (χ2v) is 16.0. The van der Waals surface area contributed by atoms with Crippen LogP contribution in [0, 0.1) is 19.8 Å². The summed E-state index contributed by atoms with van der Waals surface area (Å²) in [6.07, 6.45) is 3.26. The van der Waals surface area contributed by atoms with Crippen molar-refractivity contribution >= 4 is 15.5 Å². The summed E-state index contributed by atoms with van der Waals surface area (Å²) in [7, 11) is -0.631. The Morgan fingerprint density at radius 1 is 0.902 bits per heavy atom. The number of hydrogen-bond acceptors (Lipinski definition) is 10. The minimum atomic E-state index is -4.02. The highest BCUT2D eigenvalue weighted by Gasteiger charge is 2.42. The Bertz CT molecular complexity index is 1680. The molecule has 0 aromatic heterocycles. The summed E-state index contributed by atoms with van der Waals surface area (Å²) in [5.74, 6) is 1.99. The maximum absolute atomic E-state index is 14.7. The van der Waals surface area contributed by atoms with Crippen LogP contribution in [0.1, 0.15) is 59.3 Å². The number of nitrogens with one attached hydrogen (secondary N) is 1. The van der Waals surface area contributed by atoms with E-state index in [1.54, 1.807) is 26.4 Å². The van der Waals surface area contributed by atoms with Crippen molar-refractivity contribution in [3.05, 3.63) is 82.9 Å². The van der Waals surface area contributed by atoms with E-state index in [-0.39, 0.29) is 16.9 Å². The van der Waals surface area contributed by atoms with E-state index in [1.165, 1.54) is 12.8 Å². The summed E-state index contributed by atoms with van der Waals surface area (Å²) >= 11 is 0. The largest absolute Gasteiger partial charge is 0.493 e. The lowest BCUT2D eigenvalue weighted by Gasteiger charge is -2.41. The van der Waals surface area contributed by atoms with E-state index < -0.39 is 21.4 Å². The van der Waals surface area contributed by atoms with Crippen LogP contribution >= 0.6 is 0 Å². The number of fused-ring (bicyclic) bond motifs is 1. The SMILES string of the molecule is COCCCO[C@@H]1CNC[C@H](OC(c2ccc3c(c2)N(CCCOC)CCO3)S(=O)(=O)c2ccc(C)cc2)[C@H]1c1ccc(OCC2CC2)cc1C. The molecule has 1 unspecified atom stereocenters. The van der Waals surface area contributed by atoms with Crippen LogP contribution in [0.2, 0.25) is 0 Å². The van der Waals surface area contributed by atoms with Crippen molar-refractivity contribution in [2.75, 3.05) is 78.3 Å². The molecule has 11 heteroatoms. The Kier molecular flexibility index (Phi) is 12.9. The molecule has 4 atom stereocenters. The Hall–Kier alpha value is -3.19. The standard InChI is InChI=1S/C40H54N2O8S/c1-28-7-13-33(14-8-28)51(43,44)40(31-11-16-36-35(24-31)42(18-22-48-36)17-5-19-45-3)50-38-26-41-25-37(47-21-6-20-46-4)39(38)34-15-12-32(23-29(34)2)49-27-30-9-10-30/h7-8,11-16,23-24,30,37-41H,5-6,9-10,17-22,25-27H2,1-4H3/t37-,38+,39+,40?/m1/s1. The van der Waals surface area contributed by atoms with Crippen LogP contribution in [0.4, 0.5) is 5.69 Å². The zero-order valence-corrected chi connectivity index (χ0v) is 31.3. The van der Waals surface area contributed by atoms with Crippen LogP contribution < -0.4 is 19.7 Å². The molecule has 51 heavy (non-hydrogen) atoms. The summed E-state index contributed by atoms with van der Waals surface area (Å²) < 4.78 is 65.7. The smallest absolute Gasteiger partial charge is 0.209 e. The van der Waals surface area contributed by atoms with Crippen LogP contribution in [-0.4, -0.2) is 94.1 Å². The first-order valence-electron chi connectivity index (χ1n) is 18.3. The lowest BCUT2D eigenvalue weighted by atomic mass is 9.83. The zero-order chi connectivity index (χ0) is 35.8. The predicted octanol–water partition coefficient (Wildman–Crippen LogP) is 5.99. The minimum absolute atomic E-state index is 0.213. The van der Waals surface area contributed by atoms with Crippen molar-refractivity contribution in [1.82, 2.24) is 5.32 Å². The van der Waals surface area contributed by atoms with E-state index in [1.807, 2.05) is 43.3 Å². The van der Waals surface area contributed by atoms with Gasteiger partial charge < -0.3 is 38.6 Å². The van der Waals surface area contributed by atoms with Crippen LogP contribution in [-0.2, 0) is 28.8 Å². The highest BCUT2D eigenvalue weighted by Crippen LogP contribution is 2.42. The van der Waals surface area contributed by atoms with E-state index in [0.29, 0.717) is 57.5 Å². The van der Waals surface area contributed by atoms with E-state index >= 15 is 0 Å². The molecule has 1 aliphatic carbocycles. The minimum Gasteiger partial charge on any atom is -0.493 e. The van der Waals surface area contributed by atoms with Gasteiger partial charge in [-0.3, -0.25) is 0 Å². The first-order valence-corrected chi connectivity index (χ1v) is 19.8. The molecule has 278 valence electrons. The van der Waals surface area contributed by atoms with Gasteiger partial charge in [-0.25, -0.2) is 8.42 Å². The van der Waals surface area contributed by atoms with Crippen molar-refractivity contribution in [3.8, 4) is 11.5 Å². The molecule has 2 aliphatic heterocycles. The first-order chi connectivity index (χ1) is 24.8. The summed E-state index contributed by atoms with van der Waals surface area (Å²) in [5, 5.41) is 3.50. The van der Waals surface area contributed by atoms with Crippen LogP contribution in [0.25, 0.3) is 0 Å². The normalized spacial score (nSPS) is 21.2. The van der Waals surface area contributed by atoms with E-state index in [4.69, 9.17) is 28.4 Å². The molecule has 1 saturated heterocycles. The van der Waals surface area contributed by atoms with Gasteiger partial charge in [-0.1, -0.05) is 29.8 Å². The molecule has 1 saturated carbocycles. The zero-order valence-electron chi connectivity index (χ0n) is 30.5. The molecule has 3 aromatic rings. The van der Waals surface area contributed by atoms with Gasteiger partial charge in [-0.2, -0.15) is 0 Å². The average molecular weight is 723 g/mol. The molecule has 3 aromatic carbocycles. The van der Waals surface area contributed by atoms with Gasteiger partial charge in [0, 0.05) is 59.6 Å². The van der Waals surface area contributed by atoms with Crippen molar-refractivity contribution in [2.45, 2.75) is 68.0 Å². The van der Waals surface area contributed by atoms with Crippen LogP contribution in [0.3, 0.4) is 0 Å². The van der Waals surface area contributed by atoms with Gasteiger partial charge >= 0.3 is 0 Å². The van der Waals surface area contributed by atoms with E-state index in [0.717, 1.165) is 59.9 Å². The van der Waals surface area contributed by atoms with Gasteiger partial charge in [0.25, 0.3) is 0 Å². The Balaban J connectivity index is 1.37. The number of hydrogen-bond donors (Lipinski definition) is 1. The van der Waals surface area contributed by atoms with E-state index in [2.05, 4.69) is 29.3 Å². The van der Waals surface area contributed by atoms with E-state index in [9.17, 15) is 8.42 Å². The predicted molar refractivity (Wildman–Crippen MR) is 198 cm³/mol. The number of sulfone groups is 1. The fourth-order valence-electron chi connectivity index (χ4n) is 7.02. The van der Waals surface area contributed by atoms with Gasteiger partial charge in [0.2, 0.25) is 9.84 Å². The number of aryl methyl sites for hydroxylation is 2. The monoisotopic (exact) mass is 722 g/mol. The van der Waals surface area contributed by atoms with Gasteiger partial charge in [0.05, 0.1) is 35.9 Å². The molecule has 10 nitrogen and oxygen atoms in total. The van der Waals surface area contributed by atoms with Crippen molar-refractivity contribution < 1.29 is 36.8 Å². The topological polar surface area (TPSA) is 105 Å². The number of methoxy groups -OCH3 is 2. The fraction of sp³-hybridized carbons (Fsp3) is 0.550. The number of rotatable bonds is 18. The summed E-state index contributed by atoms with van der Waals surface area (Å²) in [5.41, 5.74) is 3.23. The lowest BCUT2D eigenvalue weighted by Crippen LogP contribution is -2.51. The van der Waals surface area contributed by atoms with Crippen molar-refractivity contribution in [3.63, 3.8) is 0 Å². The molecule has 2 fully saturated rings. The molecule has 0 bridgehead atoms. The number of piperidine rings is 1. The molecule has 1 N–H and O–H groups in total. The lowest BCUT2D eigenvalue weighted by molar-refractivity contribution is -0.0663. The second kappa shape index (κ2) is 17.6. The van der Waals surface area contributed by atoms with Gasteiger partial charge in [-0.05, 0) is 98.5 Å². The third-order valence-electron chi connectivity index (χ3n) is 10.0. The summed E-state index contributed by atoms with van der Waals surface area (Å²) in [6, 6.07) is 18.8. The first kappa shape index (κ1) is 37.6. The fourth-order valence-corrected chi connectivity index (χ4v) is 8.57. The molecule has 2 heterocycles. The highest BCUT2D eigenvalue weighted by atomic mass is 32.2. The maximum Gasteiger partial charge on any atom is 0.209 e. The second-order valence-electron chi connectivity index (χ2n) is 14.0. The molecular weight excluding hydrogens is 669 g/mol. The molecule has 6 rings (SSSR count). The van der Waals surface area contributed by atoms with Gasteiger partial charge in [0.1, 0.15) is 18.1 Å². The number of nitrogens with zero attached hydrogens (tertiary/aromatic N) is 1. The van der Waals surface area contributed by atoms with Gasteiger partial charge in [0.15, 0.2) is 5.44 Å². The molecule has 3 aliphatic rings. The van der Waals surface area contributed by atoms with Crippen molar-refractivity contribution in [1.29, 1.82) is 0 Å². The van der Waals surface area contributed by atoms with Crippen LogP contribution in [0.5, 0.6) is 11.5 Å². The molecular formula is C40H54N2O8S. The third kappa shape index (κ3) is 9.43. The Labute approximate surface area is 303 Å². The number of anilines is 1. The number of benzene rings is 3. The quantitative estimate of drug-likeness (QED) is 0.158. The average Bonchev–Trinajstić information content (AvgIpc) is 3.97. The number of ether oxygens (including phenoxy) is 6. The Morgan fingerprint density at radius 3 is 2.41 bits per heavy atom. The molecule has 0 amide bonds. The molecule has 0 spiro atoms. The third-order valence-corrected chi connectivity index (χ3v) is 11.9. The van der Waals surface area contributed by atoms with Gasteiger partial charge in [-0.15, -0.1) is 0 Å².